The maximum absolute atomic E-state index is 14.0. The van der Waals surface area contributed by atoms with Crippen LogP contribution in [0.1, 0.15) is 50.6 Å². The Hall–Kier alpha value is -3.36. The fourth-order valence-electron chi connectivity index (χ4n) is 3.94. The van der Waals surface area contributed by atoms with Gasteiger partial charge in [0.1, 0.15) is 28.2 Å². The summed E-state index contributed by atoms with van der Waals surface area (Å²) in [5, 5.41) is 0. The molecule has 1 fully saturated rings. The average molecular weight is 398 g/mol. The highest BCUT2D eigenvalue weighted by Crippen LogP contribution is 2.42. The van der Waals surface area contributed by atoms with Gasteiger partial charge in [-0.05, 0) is 37.1 Å². The molecule has 0 atom stereocenters. The molecule has 0 amide bonds. The summed E-state index contributed by atoms with van der Waals surface area (Å²) in [6.45, 7) is 1.03. The van der Waals surface area contributed by atoms with Gasteiger partial charge < -0.3 is 4.90 Å². The van der Waals surface area contributed by atoms with Gasteiger partial charge in [0.15, 0.2) is 0 Å². The number of rotatable bonds is 1. The minimum absolute atomic E-state index is 0.0184. The van der Waals surface area contributed by atoms with Gasteiger partial charge in [-0.25, -0.2) is 9.97 Å². The molecule has 5 rings (SSSR count). The Kier molecular flexibility index (Phi) is 3.71. The van der Waals surface area contributed by atoms with Crippen LogP contribution in [0.3, 0.4) is 0 Å². The molecular weight excluding hydrogens is 385 g/mol. The van der Waals surface area contributed by atoms with E-state index in [0.29, 0.717) is 13.1 Å². The van der Waals surface area contributed by atoms with E-state index < -0.39 is 34.5 Å². The highest BCUT2D eigenvalue weighted by Gasteiger charge is 2.40. The number of carbonyl (C=O) groups is 2. The van der Waals surface area contributed by atoms with Crippen molar-refractivity contribution >= 4 is 28.3 Å². The van der Waals surface area contributed by atoms with Crippen molar-refractivity contribution in [2.24, 2.45) is 0 Å². The van der Waals surface area contributed by atoms with Gasteiger partial charge >= 0.3 is 6.18 Å². The van der Waals surface area contributed by atoms with E-state index in [1.807, 2.05) is 0 Å². The van der Waals surface area contributed by atoms with Crippen LogP contribution >= 0.6 is 0 Å². The number of fused-ring (bicyclic) bond motifs is 3. The predicted octanol–water partition coefficient (Wildman–Crippen LogP) is 3.42. The lowest BCUT2D eigenvalue weighted by Crippen LogP contribution is -2.26. The summed E-state index contributed by atoms with van der Waals surface area (Å²) in [7, 11) is 0. The van der Waals surface area contributed by atoms with Crippen molar-refractivity contribution in [3.63, 3.8) is 0 Å². The van der Waals surface area contributed by atoms with Crippen molar-refractivity contribution in [3.05, 3.63) is 58.7 Å². The summed E-state index contributed by atoms with van der Waals surface area (Å²) in [6.07, 6.45) is -1.74. The zero-order valence-corrected chi connectivity index (χ0v) is 15.0. The number of anilines is 1. The summed E-state index contributed by atoms with van der Waals surface area (Å²) >= 11 is 0. The third kappa shape index (κ3) is 2.60. The van der Waals surface area contributed by atoms with Gasteiger partial charge in [0.25, 0.3) is 0 Å². The van der Waals surface area contributed by atoms with E-state index in [4.69, 9.17) is 0 Å². The lowest BCUT2D eigenvalue weighted by Gasteiger charge is -2.24. The number of pyridine rings is 1. The molecule has 0 saturated carbocycles. The Morgan fingerprint density at radius 2 is 1.62 bits per heavy atom. The standard InChI is InChI=1S/C20H13F3N4O2/c21-20(22,23)13-12(27-8-1-2-9-27)6-5-11-15(13)26-17-16(25-11)18(28)10-4-3-7-24-14(10)19(17)29/h3-7H,1-2,8-9H2. The number of aromatic nitrogens is 3. The van der Waals surface area contributed by atoms with Crippen LogP contribution in [0.15, 0.2) is 30.5 Å². The van der Waals surface area contributed by atoms with Crippen molar-refractivity contribution in [2.45, 2.75) is 19.0 Å². The van der Waals surface area contributed by atoms with Crippen LogP contribution in [0.2, 0.25) is 0 Å². The van der Waals surface area contributed by atoms with Crippen LogP contribution in [0.4, 0.5) is 18.9 Å². The first kappa shape index (κ1) is 17.7. The predicted molar refractivity (Wildman–Crippen MR) is 97.1 cm³/mol. The van der Waals surface area contributed by atoms with Crippen LogP contribution in [0, 0.1) is 0 Å². The van der Waals surface area contributed by atoms with Crippen LogP contribution in [0.5, 0.6) is 0 Å². The monoisotopic (exact) mass is 398 g/mol. The molecule has 3 heterocycles. The molecule has 0 spiro atoms. The van der Waals surface area contributed by atoms with E-state index in [2.05, 4.69) is 15.0 Å². The average Bonchev–Trinajstić information content (AvgIpc) is 3.24. The van der Waals surface area contributed by atoms with Crippen LogP contribution in [-0.4, -0.2) is 39.6 Å². The second kappa shape index (κ2) is 6.07. The number of alkyl halides is 3. The maximum atomic E-state index is 14.0. The number of hydrogen-bond acceptors (Lipinski definition) is 6. The Labute approximate surface area is 162 Å². The Bertz CT molecular complexity index is 1200. The SMILES string of the molecule is O=C1c2cccnc2C(=O)c2nc3c(C(F)(F)F)c(N4CCCC4)ccc3nc21. The smallest absolute Gasteiger partial charge is 0.371 e. The molecule has 0 unspecified atom stereocenters. The number of benzene rings is 1. The number of ketones is 2. The summed E-state index contributed by atoms with van der Waals surface area (Å²) in [5.74, 6) is -1.28. The van der Waals surface area contributed by atoms with Crippen molar-refractivity contribution in [3.8, 4) is 0 Å². The number of hydrogen-bond donors (Lipinski definition) is 0. The molecule has 6 nitrogen and oxygen atoms in total. The van der Waals surface area contributed by atoms with Crippen LogP contribution < -0.4 is 4.90 Å². The van der Waals surface area contributed by atoms with Gasteiger partial charge in [-0.15, -0.1) is 0 Å². The molecule has 0 N–H and O–H groups in total. The zero-order valence-electron chi connectivity index (χ0n) is 15.0. The van der Waals surface area contributed by atoms with Crippen molar-refractivity contribution in [1.82, 2.24) is 15.0 Å². The van der Waals surface area contributed by atoms with E-state index in [-0.39, 0.29) is 28.2 Å². The molecule has 0 bridgehead atoms. The largest absolute Gasteiger partial charge is 0.420 e. The fraction of sp³-hybridized carbons (Fsp3) is 0.250. The van der Waals surface area contributed by atoms with E-state index in [9.17, 15) is 22.8 Å². The fourth-order valence-corrected chi connectivity index (χ4v) is 3.94. The first-order valence-electron chi connectivity index (χ1n) is 9.07. The van der Waals surface area contributed by atoms with E-state index in [1.165, 1.54) is 30.5 Å². The topological polar surface area (TPSA) is 76.1 Å². The van der Waals surface area contributed by atoms with Gasteiger partial charge in [0.05, 0.1) is 16.8 Å². The molecule has 29 heavy (non-hydrogen) atoms. The van der Waals surface area contributed by atoms with Crippen molar-refractivity contribution < 1.29 is 22.8 Å². The van der Waals surface area contributed by atoms with Gasteiger partial charge in [-0.3, -0.25) is 14.6 Å². The van der Waals surface area contributed by atoms with E-state index in [1.54, 1.807) is 4.90 Å². The minimum atomic E-state index is -4.70. The van der Waals surface area contributed by atoms with Gasteiger partial charge in [-0.1, -0.05) is 0 Å². The van der Waals surface area contributed by atoms with Crippen LogP contribution in [0.25, 0.3) is 11.0 Å². The molecule has 2 aliphatic rings. The second-order valence-electron chi connectivity index (χ2n) is 7.00. The Balaban J connectivity index is 1.80. The first-order chi connectivity index (χ1) is 13.9. The molecule has 1 aliphatic heterocycles. The quantitative estimate of drug-likeness (QED) is 0.489. The van der Waals surface area contributed by atoms with Gasteiger partial charge in [0, 0.05) is 19.3 Å². The summed E-state index contributed by atoms with van der Waals surface area (Å²) < 4.78 is 42.1. The number of halogens is 3. The molecule has 1 aliphatic carbocycles. The zero-order chi connectivity index (χ0) is 20.3. The first-order valence-corrected chi connectivity index (χ1v) is 9.07. The van der Waals surface area contributed by atoms with Crippen molar-refractivity contribution in [1.29, 1.82) is 0 Å². The van der Waals surface area contributed by atoms with E-state index >= 15 is 0 Å². The molecular formula is C20H13F3N4O2. The summed E-state index contributed by atoms with van der Waals surface area (Å²) in [5.41, 5.74) is -2.10. The minimum Gasteiger partial charge on any atom is -0.371 e. The van der Waals surface area contributed by atoms with Crippen molar-refractivity contribution in [2.75, 3.05) is 18.0 Å². The number of nitrogens with zero attached hydrogens (tertiary/aromatic N) is 4. The molecule has 146 valence electrons. The normalized spacial score (nSPS) is 16.3. The highest BCUT2D eigenvalue weighted by atomic mass is 19.4. The second-order valence-corrected chi connectivity index (χ2v) is 7.00. The van der Waals surface area contributed by atoms with Crippen LogP contribution in [-0.2, 0) is 6.18 Å². The summed E-state index contributed by atoms with van der Waals surface area (Å²) in [6, 6.07) is 5.73. The molecule has 3 aromatic rings. The maximum Gasteiger partial charge on any atom is 0.420 e. The molecule has 1 aromatic carbocycles. The molecule has 0 radical (unpaired) electrons. The third-order valence-corrected chi connectivity index (χ3v) is 5.24. The Morgan fingerprint density at radius 1 is 0.897 bits per heavy atom. The lowest BCUT2D eigenvalue weighted by atomic mass is 9.93. The Morgan fingerprint density at radius 3 is 2.34 bits per heavy atom. The molecule has 2 aromatic heterocycles. The highest BCUT2D eigenvalue weighted by molar-refractivity contribution is 6.26. The lowest BCUT2D eigenvalue weighted by molar-refractivity contribution is -0.136. The van der Waals surface area contributed by atoms with E-state index in [0.717, 1.165) is 12.8 Å². The molecule has 9 heteroatoms. The van der Waals surface area contributed by atoms with Gasteiger partial charge in [-0.2, -0.15) is 13.2 Å². The molecule has 1 saturated heterocycles. The third-order valence-electron chi connectivity index (χ3n) is 5.24. The number of carbonyl (C=O) groups excluding carboxylic acids is 2. The van der Waals surface area contributed by atoms with Gasteiger partial charge in [0.2, 0.25) is 11.6 Å². The summed E-state index contributed by atoms with van der Waals surface area (Å²) in [4.78, 5) is 39.2.